The first kappa shape index (κ1) is 21.0. The molecule has 31 heavy (non-hydrogen) atoms. The van der Waals surface area contributed by atoms with E-state index in [-0.39, 0.29) is 12.5 Å². The third-order valence-electron chi connectivity index (χ3n) is 4.79. The monoisotopic (exact) mass is 447 g/mol. The maximum Gasteiger partial charge on any atom is 0.416 e. The van der Waals surface area contributed by atoms with Gasteiger partial charge in [0.15, 0.2) is 0 Å². The smallest absolute Gasteiger partial charge is 0.416 e. The van der Waals surface area contributed by atoms with E-state index in [4.69, 9.17) is 16.3 Å². The Bertz CT molecular complexity index is 1090. The number of aliphatic imine (C=N–C) groups is 1. The molecular formula is C22H17ClF3N3O2. The molecule has 0 aliphatic carbocycles. The molecule has 3 aromatic carbocycles. The largest absolute Gasteiger partial charge is 0.457 e. The van der Waals surface area contributed by atoms with Crippen LogP contribution in [0.25, 0.3) is 0 Å². The molecular weight excluding hydrogens is 431 g/mol. The number of nitrogens with zero attached hydrogens (tertiary/aromatic N) is 2. The van der Waals surface area contributed by atoms with E-state index in [0.717, 1.165) is 12.1 Å². The topological polar surface area (TPSA) is 57.1 Å². The fourth-order valence-electron chi connectivity index (χ4n) is 3.27. The van der Waals surface area contributed by atoms with Gasteiger partial charge in [-0.15, -0.1) is 0 Å². The van der Waals surface area contributed by atoms with E-state index >= 15 is 0 Å². The molecule has 1 aliphatic heterocycles. The van der Waals surface area contributed by atoms with Crippen molar-refractivity contribution >= 4 is 23.2 Å². The standard InChI is InChI=1S/C22H17ClF3N3O2/c23-16-4-8-18(9-5-16)31-19-10-6-17(7-11-19)29-13-20(27-21(29)28-30)14-2-1-3-15(12-14)22(24,25)26/h1-12,20,30H,13H2,(H,27,28). The Balaban J connectivity index is 1.51. The van der Waals surface area contributed by atoms with Gasteiger partial charge >= 0.3 is 6.18 Å². The summed E-state index contributed by atoms with van der Waals surface area (Å²) in [6, 6.07) is 18.4. The Morgan fingerprint density at radius 2 is 1.65 bits per heavy atom. The highest BCUT2D eigenvalue weighted by molar-refractivity contribution is 6.30. The van der Waals surface area contributed by atoms with Crippen LogP contribution in [0.5, 0.6) is 11.5 Å². The molecule has 3 aromatic rings. The maximum atomic E-state index is 13.0. The summed E-state index contributed by atoms with van der Waals surface area (Å²) < 4.78 is 44.9. The second-order valence-electron chi connectivity index (χ2n) is 6.86. The summed E-state index contributed by atoms with van der Waals surface area (Å²) in [7, 11) is 0. The molecule has 4 rings (SSSR count). The fourth-order valence-corrected chi connectivity index (χ4v) is 3.40. The number of benzene rings is 3. The van der Waals surface area contributed by atoms with Crippen LogP contribution in [0.3, 0.4) is 0 Å². The van der Waals surface area contributed by atoms with Gasteiger partial charge in [0.25, 0.3) is 0 Å². The van der Waals surface area contributed by atoms with E-state index < -0.39 is 17.8 Å². The molecule has 0 saturated carbocycles. The lowest BCUT2D eigenvalue weighted by molar-refractivity contribution is -0.137. The Labute approximate surface area is 181 Å². The van der Waals surface area contributed by atoms with Crippen molar-refractivity contribution in [1.29, 1.82) is 0 Å². The molecule has 0 aromatic heterocycles. The minimum absolute atomic E-state index is 0.147. The molecule has 0 radical (unpaired) electrons. The molecule has 0 bridgehead atoms. The number of anilines is 1. The predicted octanol–water partition coefficient (Wildman–Crippen LogP) is 6.05. The average Bonchev–Trinajstić information content (AvgIpc) is 3.20. The van der Waals surface area contributed by atoms with Gasteiger partial charge in [0.05, 0.1) is 18.2 Å². The number of hydrogen-bond acceptors (Lipinski definition) is 5. The second kappa shape index (κ2) is 8.49. The van der Waals surface area contributed by atoms with E-state index in [2.05, 4.69) is 4.99 Å². The van der Waals surface area contributed by atoms with Crippen LogP contribution in [-0.2, 0) is 6.18 Å². The zero-order valence-electron chi connectivity index (χ0n) is 16.0. The predicted molar refractivity (Wildman–Crippen MR) is 112 cm³/mol. The van der Waals surface area contributed by atoms with Gasteiger partial charge in [-0.1, -0.05) is 23.7 Å². The number of alkyl halides is 3. The van der Waals surface area contributed by atoms with Crippen LogP contribution in [0.15, 0.2) is 77.8 Å². The lowest BCUT2D eigenvalue weighted by Crippen LogP contribution is -2.36. The van der Waals surface area contributed by atoms with Gasteiger partial charge in [-0.2, -0.15) is 13.2 Å². The third kappa shape index (κ3) is 4.76. The van der Waals surface area contributed by atoms with Gasteiger partial charge in [-0.25, -0.2) is 10.5 Å². The lowest BCUT2D eigenvalue weighted by Gasteiger charge is -2.20. The van der Waals surface area contributed by atoms with Crippen molar-refractivity contribution in [3.8, 4) is 11.5 Å². The Morgan fingerprint density at radius 3 is 2.26 bits per heavy atom. The molecule has 0 spiro atoms. The van der Waals surface area contributed by atoms with Gasteiger partial charge < -0.3 is 9.64 Å². The highest BCUT2D eigenvalue weighted by Crippen LogP contribution is 2.34. The number of guanidine groups is 1. The minimum atomic E-state index is -4.43. The maximum absolute atomic E-state index is 13.0. The first-order valence-electron chi connectivity index (χ1n) is 9.29. The number of nitrogens with one attached hydrogen (secondary N) is 1. The molecule has 0 fully saturated rings. The molecule has 1 atom stereocenters. The van der Waals surface area contributed by atoms with Gasteiger partial charge in [-0.05, 0) is 66.2 Å². The van der Waals surface area contributed by atoms with Gasteiger partial charge in [0.2, 0.25) is 5.96 Å². The molecule has 1 unspecified atom stereocenters. The van der Waals surface area contributed by atoms with E-state index in [0.29, 0.717) is 27.8 Å². The van der Waals surface area contributed by atoms with Crippen molar-refractivity contribution in [3.63, 3.8) is 0 Å². The van der Waals surface area contributed by atoms with E-state index in [1.54, 1.807) is 59.5 Å². The van der Waals surface area contributed by atoms with Crippen LogP contribution < -0.4 is 15.1 Å². The van der Waals surface area contributed by atoms with E-state index in [9.17, 15) is 18.4 Å². The Hall–Kier alpha value is -3.23. The number of halogens is 4. The summed E-state index contributed by atoms with van der Waals surface area (Å²) in [4.78, 5) is 6.00. The van der Waals surface area contributed by atoms with Crippen molar-refractivity contribution in [1.82, 2.24) is 5.48 Å². The van der Waals surface area contributed by atoms with Crippen molar-refractivity contribution in [2.45, 2.75) is 12.2 Å². The van der Waals surface area contributed by atoms with Crippen molar-refractivity contribution in [3.05, 3.63) is 88.9 Å². The Morgan fingerprint density at radius 1 is 1.00 bits per heavy atom. The van der Waals surface area contributed by atoms with Crippen LogP contribution >= 0.6 is 11.6 Å². The highest BCUT2D eigenvalue weighted by atomic mass is 35.5. The second-order valence-corrected chi connectivity index (χ2v) is 7.30. The number of rotatable bonds is 4. The molecule has 0 amide bonds. The zero-order valence-corrected chi connectivity index (χ0v) is 16.7. The lowest BCUT2D eigenvalue weighted by atomic mass is 10.0. The molecule has 0 saturated heterocycles. The summed E-state index contributed by atoms with van der Waals surface area (Å²) in [5, 5.41) is 10.1. The van der Waals surface area contributed by atoms with Crippen LogP contribution in [0, 0.1) is 0 Å². The van der Waals surface area contributed by atoms with Gasteiger partial charge in [0, 0.05) is 10.7 Å². The number of ether oxygens (including phenoxy) is 1. The molecule has 9 heteroatoms. The number of hydroxylamine groups is 1. The third-order valence-corrected chi connectivity index (χ3v) is 5.04. The highest BCUT2D eigenvalue weighted by Gasteiger charge is 2.33. The van der Waals surface area contributed by atoms with Crippen LogP contribution in [0.1, 0.15) is 17.2 Å². The first-order valence-corrected chi connectivity index (χ1v) is 9.67. The molecule has 5 nitrogen and oxygen atoms in total. The minimum Gasteiger partial charge on any atom is -0.457 e. The zero-order chi connectivity index (χ0) is 22.0. The van der Waals surface area contributed by atoms with Crippen LogP contribution in [0.4, 0.5) is 18.9 Å². The molecule has 1 heterocycles. The molecule has 2 N–H and O–H groups in total. The fraction of sp³-hybridized carbons (Fsp3) is 0.136. The summed E-state index contributed by atoms with van der Waals surface area (Å²) >= 11 is 5.87. The molecule has 1 aliphatic rings. The van der Waals surface area contributed by atoms with Crippen molar-refractivity contribution in [2.75, 3.05) is 11.4 Å². The summed E-state index contributed by atoms with van der Waals surface area (Å²) in [5.41, 5.74) is 2.39. The van der Waals surface area contributed by atoms with E-state index in [1.165, 1.54) is 6.07 Å². The van der Waals surface area contributed by atoms with Gasteiger partial charge in [0.1, 0.15) is 11.5 Å². The summed E-state index contributed by atoms with van der Waals surface area (Å²) in [5.74, 6) is 1.37. The molecule has 160 valence electrons. The average molecular weight is 448 g/mol. The first-order chi connectivity index (χ1) is 14.8. The van der Waals surface area contributed by atoms with Crippen molar-refractivity contribution < 1.29 is 23.1 Å². The van der Waals surface area contributed by atoms with Crippen LogP contribution in [0.2, 0.25) is 5.02 Å². The van der Waals surface area contributed by atoms with E-state index in [1.807, 2.05) is 5.48 Å². The summed E-state index contributed by atoms with van der Waals surface area (Å²) in [6.45, 7) is 0.265. The van der Waals surface area contributed by atoms with Gasteiger partial charge in [-0.3, -0.25) is 5.21 Å². The van der Waals surface area contributed by atoms with Crippen LogP contribution in [-0.4, -0.2) is 17.7 Å². The number of hydrogen-bond donors (Lipinski definition) is 2. The SMILES string of the molecule is ONC1=NC(c2cccc(C(F)(F)F)c2)CN1c1ccc(Oc2ccc(Cl)cc2)cc1. The van der Waals surface area contributed by atoms with Crippen molar-refractivity contribution in [2.24, 2.45) is 4.99 Å². The normalized spacial score (nSPS) is 16.2. The quantitative estimate of drug-likeness (QED) is 0.478. The Kier molecular flexibility index (Phi) is 5.75. The summed E-state index contributed by atoms with van der Waals surface area (Å²) in [6.07, 6.45) is -4.43.